The maximum atomic E-state index is 10.9. The van der Waals surface area contributed by atoms with Crippen LogP contribution in [-0.2, 0) is 9.84 Å². The molecule has 0 aliphatic carbocycles. The Balaban J connectivity index is 3.88. The molecule has 4 heteroatoms. The van der Waals surface area contributed by atoms with Gasteiger partial charge in [-0.15, -0.1) is 0 Å². The monoisotopic (exact) mass is 222 g/mol. The van der Waals surface area contributed by atoms with E-state index in [4.69, 9.17) is 0 Å². The van der Waals surface area contributed by atoms with Crippen LogP contribution in [0.3, 0.4) is 0 Å². The van der Waals surface area contributed by atoms with Crippen LogP contribution in [-0.4, -0.2) is 31.1 Å². The minimum atomic E-state index is -2.89. The summed E-state index contributed by atoms with van der Waals surface area (Å²) in [6.07, 6.45) is 3.04. The molecule has 0 rings (SSSR count). The molecule has 0 bridgehead atoms. The molecule has 0 aromatic rings. The molecule has 0 radical (unpaired) electrons. The summed E-state index contributed by atoms with van der Waals surface area (Å²) in [6, 6.07) is 0. The van der Waals surface area contributed by atoms with Gasteiger partial charge in [0.15, 0.2) is 0 Å². The Bertz CT molecular complexity index is 253. The minimum absolute atomic E-state index is 0.168. The summed E-state index contributed by atoms with van der Waals surface area (Å²) in [7, 11) is -2.89. The zero-order chi connectivity index (χ0) is 11.4. The van der Waals surface area contributed by atoms with E-state index in [0.717, 1.165) is 6.42 Å². The maximum absolute atomic E-state index is 10.9. The molecule has 0 aliphatic heterocycles. The lowest BCUT2D eigenvalue weighted by molar-refractivity contribution is 0.0295. The highest BCUT2D eigenvalue weighted by atomic mass is 32.2. The molecule has 0 saturated carbocycles. The minimum Gasteiger partial charge on any atom is -0.390 e. The van der Waals surface area contributed by atoms with E-state index in [1.165, 1.54) is 6.26 Å². The van der Waals surface area contributed by atoms with Crippen LogP contribution in [0, 0.1) is 5.92 Å². The highest BCUT2D eigenvalue weighted by molar-refractivity contribution is 7.90. The van der Waals surface area contributed by atoms with Crippen molar-refractivity contribution in [3.8, 4) is 0 Å². The van der Waals surface area contributed by atoms with E-state index >= 15 is 0 Å². The number of hydrogen-bond acceptors (Lipinski definition) is 3. The van der Waals surface area contributed by atoms with Crippen LogP contribution < -0.4 is 0 Å². The standard InChI is InChI=1S/C10H22O3S/c1-9(2)8-10(3,11)6-5-7-14(4,12)13/h9,11H,5-8H2,1-4H3. The first kappa shape index (κ1) is 13.9. The molecule has 0 heterocycles. The Kier molecular flexibility index (Phi) is 5.09. The first-order chi connectivity index (χ1) is 6.12. The first-order valence-electron chi connectivity index (χ1n) is 5.02. The second kappa shape index (κ2) is 5.12. The van der Waals surface area contributed by atoms with Gasteiger partial charge in [-0.2, -0.15) is 0 Å². The molecule has 1 atom stereocenters. The molecule has 14 heavy (non-hydrogen) atoms. The van der Waals surface area contributed by atoms with Gasteiger partial charge in [-0.25, -0.2) is 8.42 Å². The molecular formula is C10H22O3S. The zero-order valence-electron chi connectivity index (χ0n) is 9.58. The molecule has 3 nitrogen and oxygen atoms in total. The third kappa shape index (κ3) is 8.51. The smallest absolute Gasteiger partial charge is 0.147 e. The molecule has 1 N–H and O–H groups in total. The van der Waals surface area contributed by atoms with E-state index in [2.05, 4.69) is 0 Å². The molecule has 0 aromatic heterocycles. The fourth-order valence-electron chi connectivity index (χ4n) is 1.70. The van der Waals surface area contributed by atoms with Gasteiger partial charge in [-0.1, -0.05) is 13.8 Å². The van der Waals surface area contributed by atoms with Crippen molar-refractivity contribution in [1.29, 1.82) is 0 Å². The second-order valence-electron chi connectivity index (χ2n) is 4.83. The van der Waals surface area contributed by atoms with E-state index in [0.29, 0.717) is 18.8 Å². The first-order valence-corrected chi connectivity index (χ1v) is 7.08. The zero-order valence-corrected chi connectivity index (χ0v) is 10.4. The Morgan fingerprint density at radius 3 is 2.21 bits per heavy atom. The average Bonchev–Trinajstić information content (AvgIpc) is 1.78. The third-order valence-electron chi connectivity index (χ3n) is 2.08. The Labute approximate surface area is 87.4 Å². The van der Waals surface area contributed by atoms with Crippen molar-refractivity contribution >= 4 is 9.84 Å². The fraction of sp³-hybridized carbons (Fsp3) is 1.00. The van der Waals surface area contributed by atoms with E-state index in [9.17, 15) is 13.5 Å². The van der Waals surface area contributed by atoms with Crippen LogP contribution in [0.5, 0.6) is 0 Å². The second-order valence-corrected chi connectivity index (χ2v) is 7.09. The van der Waals surface area contributed by atoms with Crippen molar-refractivity contribution in [2.75, 3.05) is 12.0 Å². The predicted molar refractivity (Wildman–Crippen MR) is 59.0 cm³/mol. The van der Waals surface area contributed by atoms with Gasteiger partial charge in [-0.3, -0.25) is 0 Å². The lowest BCUT2D eigenvalue weighted by Crippen LogP contribution is -2.26. The molecule has 0 amide bonds. The van der Waals surface area contributed by atoms with Gasteiger partial charge in [0.05, 0.1) is 5.60 Å². The fourth-order valence-corrected chi connectivity index (χ4v) is 2.37. The number of hydrogen-bond donors (Lipinski definition) is 1. The van der Waals surface area contributed by atoms with Crippen molar-refractivity contribution < 1.29 is 13.5 Å². The Morgan fingerprint density at radius 2 is 1.86 bits per heavy atom. The highest BCUT2D eigenvalue weighted by Crippen LogP contribution is 2.21. The number of sulfone groups is 1. The van der Waals surface area contributed by atoms with Crippen molar-refractivity contribution in [3.63, 3.8) is 0 Å². The molecule has 0 aliphatic rings. The Hall–Kier alpha value is -0.0900. The highest BCUT2D eigenvalue weighted by Gasteiger charge is 2.21. The summed E-state index contributed by atoms with van der Waals surface area (Å²) < 4.78 is 21.7. The van der Waals surface area contributed by atoms with Crippen LogP contribution in [0.4, 0.5) is 0 Å². The van der Waals surface area contributed by atoms with E-state index in [1.807, 2.05) is 13.8 Å². The van der Waals surface area contributed by atoms with Gasteiger partial charge in [0, 0.05) is 12.0 Å². The molecule has 0 aromatic carbocycles. The predicted octanol–water partition coefficient (Wildman–Crippen LogP) is 1.61. The molecule has 0 spiro atoms. The van der Waals surface area contributed by atoms with E-state index in [1.54, 1.807) is 6.92 Å². The molecular weight excluding hydrogens is 200 g/mol. The van der Waals surface area contributed by atoms with Gasteiger partial charge in [-0.05, 0) is 32.1 Å². The van der Waals surface area contributed by atoms with E-state index < -0.39 is 15.4 Å². The van der Waals surface area contributed by atoms with Crippen molar-refractivity contribution in [2.45, 2.75) is 45.6 Å². The molecule has 0 saturated heterocycles. The SMILES string of the molecule is CC(C)CC(C)(O)CCCS(C)(=O)=O. The maximum Gasteiger partial charge on any atom is 0.147 e. The summed E-state index contributed by atoms with van der Waals surface area (Å²) in [5, 5.41) is 9.89. The molecule has 0 fully saturated rings. The average molecular weight is 222 g/mol. The normalized spacial score (nSPS) is 17.0. The summed E-state index contributed by atoms with van der Waals surface area (Å²) >= 11 is 0. The number of aliphatic hydroxyl groups is 1. The van der Waals surface area contributed by atoms with Crippen molar-refractivity contribution in [3.05, 3.63) is 0 Å². The summed E-state index contributed by atoms with van der Waals surface area (Å²) in [6.45, 7) is 5.87. The van der Waals surface area contributed by atoms with Crippen LogP contribution in [0.25, 0.3) is 0 Å². The lowest BCUT2D eigenvalue weighted by atomic mass is 9.90. The van der Waals surface area contributed by atoms with Crippen molar-refractivity contribution in [1.82, 2.24) is 0 Å². The largest absolute Gasteiger partial charge is 0.390 e. The quantitative estimate of drug-likeness (QED) is 0.743. The Morgan fingerprint density at radius 1 is 1.36 bits per heavy atom. The summed E-state index contributed by atoms with van der Waals surface area (Å²) in [4.78, 5) is 0. The van der Waals surface area contributed by atoms with Crippen LogP contribution in [0.2, 0.25) is 0 Å². The topological polar surface area (TPSA) is 54.4 Å². The van der Waals surface area contributed by atoms with Gasteiger partial charge < -0.3 is 5.11 Å². The van der Waals surface area contributed by atoms with E-state index in [-0.39, 0.29) is 5.75 Å². The van der Waals surface area contributed by atoms with Crippen LogP contribution in [0.15, 0.2) is 0 Å². The number of rotatable bonds is 6. The van der Waals surface area contributed by atoms with Crippen molar-refractivity contribution in [2.24, 2.45) is 5.92 Å². The molecule has 1 unspecified atom stereocenters. The van der Waals surface area contributed by atoms with Gasteiger partial charge in [0.25, 0.3) is 0 Å². The van der Waals surface area contributed by atoms with Gasteiger partial charge >= 0.3 is 0 Å². The van der Waals surface area contributed by atoms with Crippen LogP contribution >= 0.6 is 0 Å². The molecule has 86 valence electrons. The third-order valence-corrected chi connectivity index (χ3v) is 3.11. The lowest BCUT2D eigenvalue weighted by Gasteiger charge is -2.25. The summed E-state index contributed by atoms with van der Waals surface area (Å²) in [5.41, 5.74) is -0.723. The summed E-state index contributed by atoms with van der Waals surface area (Å²) in [5.74, 6) is 0.601. The van der Waals surface area contributed by atoms with Gasteiger partial charge in [0.2, 0.25) is 0 Å². The van der Waals surface area contributed by atoms with Crippen LogP contribution in [0.1, 0.15) is 40.0 Å². The van der Waals surface area contributed by atoms with Gasteiger partial charge in [0.1, 0.15) is 9.84 Å².